The highest BCUT2D eigenvalue weighted by atomic mass is 16.5. The molecule has 0 fully saturated rings. The van der Waals surface area contributed by atoms with Crippen LogP contribution in [0.5, 0.6) is 11.5 Å². The van der Waals surface area contributed by atoms with Crippen LogP contribution >= 0.6 is 0 Å². The van der Waals surface area contributed by atoms with Gasteiger partial charge in [-0.1, -0.05) is 6.07 Å². The van der Waals surface area contributed by atoms with E-state index in [1.54, 1.807) is 42.7 Å². The van der Waals surface area contributed by atoms with Crippen molar-refractivity contribution in [2.24, 2.45) is 5.73 Å². The van der Waals surface area contributed by atoms with Crippen LogP contribution in [-0.2, 0) is 4.79 Å². The fourth-order valence-electron chi connectivity index (χ4n) is 2.02. The van der Waals surface area contributed by atoms with Crippen molar-refractivity contribution in [1.29, 1.82) is 0 Å². The van der Waals surface area contributed by atoms with E-state index >= 15 is 0 Å². The predicted molar refractivity (Wildman–Crippen MR) is 78.3 cm³/mol. The number of benzene rings is 1. The molecule has 1 amide bonds. The molecule has 2 heterocycles. The van der Waals surface area contributed by atoms with E-state index in [1.807, 2.05) is 6.07 Å². The van der Waals surface area contributed by atoms with E-state index < -0.39 is 5.91 Å². The van der Waals surface area contributed by atoms with Crippen LogP contribution in [0.1, 0.15) is 15.9 Å². The number of fused-ring (bicyclic) bond motifs is 1. The molecule has 0 saturated heterocycles. The van der Waals surface area contributed by atoms with Gasteiger partial charge in [0.15, 0.2) is 12.4 Å². The van der Waals surface area contributed by atoms with Crippen molar-refractivity contribution >= 4 is 17.8 Å². The molecule has 110 valence electrons. The lowest BCUT2D eigenvalue weighted by atomic mass is 10.1. The summed E-state index contributed by atoms with van der Waals surface area (Å²) in [4.78, 5) is 26.9. The Morgan fingerprint density at radius 3 is 2.95 bits per heavy atom. The van der Waals surface area contributed by atoms with Crippen molar-refractivity contribution in [1.82, 2.24) is 4.98 Å². The molecule has 0 aliphatic carbocycles. The molecule has 6 heteroatoms. The van der Waals surface area contributed by atoms with Gasteiger partial charge in [-0.05, 0) is 29.8 Å². The number of allylic oxidation sites excluding steroid dienone is 1. The minimum atomic E-state index is -0.574. The highest BCUT2D eigenvalue weighted by Crippen LogP contribution is 2.34. The van der Waals surface area contributed by atoms with E-state index in [0.29, 0.717) is 17.1 Å². The van der Waals surface area contributed by atoms with Crippen LogP contribution in [0.2, 0.25) is 0 Å². The summed E-state index contributed by atoms with van der Waals surface area (Å²) in [5, 5.41) is 0. The molecule has 0 unspecified atom stereocenters. The number of ether oxygens (including phenoxy) is 2. The van der Waals surface area contributed by atoms with Crippen molar-refractivity contribution in [3.05, 3.63) is 59.6 Å². The molecular weight excluding hydrogens is 284 g/mol. The molecule has 3 rings (SSSR count). The number of hydrogen-bond donors (Lipinski definition) is 1. The summed E-state index contributed by atoms with van der Waals surface area (Å²) in [5.74, 6) is 0.236. The normalized spacial score (nSPS) is 14.5. The molecule has 1 aromatic heterocycles. The van der Waals surface area contributed by atoms with Gasteiger partial charge in [0, 0.05) is 18.5 Å². The number of pyridine rings is 1. The molecule has 0 atom stereocenters. The Bertz CT molecular complexity index is 769. The lowest BCUT2D eigenvalue weighted by molar-refractivity contribution is -0.119. The van der Waals surface area contributed by atoms with Crippen LogP contribution in [0, 0.1) is 0 Å². The number of Topliss-reactive ketones (excluding diaryl/α,β-unsaturated/α-hetero) is 1. The van der Waals surface area contributed by atoms with Crippen LogP contribution < -0.4 is 15.2 Å². The summed E-state index contributed by atoms with van der Waals surface area (Å²) in [6.45, 7) is -0.231. The van der Waals surface area contributed by atoms with E-state index in [9.17, 15) is 9.59 Å². The van der Waals surface area contributed by atoms with Crippen molar-refractivity contribution in [3.8, 4) is 11.5 Å². The first-order valence-corrected chi connectivity index (χ1v) is 6.53. The second kappa shape index (κ2) is 5.69. The summed E-state index contributed by atoms with van der Waals surface area (Å²) in [6.07, 6.45) is 4.91. The largest absolute Gasteiger partial charge is 0.484 e. The molecule has 0 radical (unpaired) electrons. The Hall–Kier alpha value is -3.15. The van der Waals surface area contributed by atoms with Crippen molar-refractivity contribution in [2.45, 2.75) is 0 Å². The Morgan fingerprint density at radius 2 is 2.23 bits per heavy atom. The number of carbonyl (C=O) groups is 2. The molecule has 1 aliphatic heterocycles. The van der Waals surface area contributed by atoms with Crippen LogP contribution in [0.4, 0.5) is 0 Å². The van der Waals surface area contributed by atoms with Crippen molar-refractivity contribution < 1.29 is 19.1 Å². The van der Waals surface area contributed by atoms with Crippen LogP contribution in [-0.4, -0.2) is 23.3 Å². The first-order valence-electron chi connectivity index (χ1n) is 6.53. The fourth-order valence-corrected chi connectivity index (χ4v) is 2.02. The van der Waals surface area contributed by atoms with Gasteiger partial charge in [-0.25, -0.2) is 0 Å². The number of amides is 1. The number of primary amides is 1. The van der Waals surface area contributed by atoms with Crippen molar-refractivity contribution in [3.63, 3.8) is 0 Å². The van der Waals surface area contributed by atoms with E-state index in [-0.39, 0.29) is 18.1 Å². The van der Waals surface area contributed by atoms with E-state index in [4.69, 9.17) is 15.2 Å². The molecule has 22 heavy (non-hydrogen) atoms. The Labute approximate surface area is 126 Å². The lowest BCUT2D eigenvalue weighted by Gasteiger charge is -2.04. The second-order valence-corrected chi connectivity index (χ2v) is 4.64. The average molecular weight is 296 g/mol. The quantitative estimate of drug-likeness (QED) is 0.864. The zero-order chi connectivity index (χ0) is 15.5. The molecule has 0 saturated carbocycles. The van der Waals surface area contributed by atoms with Crippen LogP contribution in [0.25, 0.3) is 6.08 Å². The third kappa shape index (κ3) is 2.80. The maximum absolute atomic E-state index is 12.2. The zero-order valence-corrected chi connectivity index (χ0v) is 11.5. The number of rotatable bonds is 4. The molecular formula is C16H12N2O4. The van der Waals surface area contributed by atoms with Gasteiger partial charge in [0.1, 0.15) is 11.5 Å². The number of aromatic nitrogens is 1. The lowest BCUT2D eigenvalue weighted by Crippen LogP contribution is -2.19. The first kappa shape index (κ1) is 13.8. The summed E-state index contributed by atoms with van der Waals surface area (Å²) in [5.41, 5.74) is 6.23. The van der Waals surface area contributed by atoms with Gasteiger partial charge in [-0.3, -0.25) is 14.6 Å². The number of nitrogens with zero attached hydrogens (tertiary/aromatic N) is 1. The van der Waals surface area contributed by atoms with Crippen molar-refractivity contribution in [2.75, 3.05) is 6.61 Å². The summed E-state index contributed by atoms with van der Waals surface area (Å²) < 4.78 is 10.7. The SMILES string of the molecule is NC(=O)COc1ccc2c(c1)OC(=Cc1cccnc1)C2=O. The fraction of sp³-hybridized carbons (Fsp3) is 0.0625. The minimum Gasteiger partial charge on any atom is -0.484 e. The van der Waals surface area contributed by atoms with Gasteiger partial charge in [0.2, 0.25) is 5.78 Å². The number of hydrogen-bond acceptors (Lipinski definition) is 5. The minimum absolute atomic E-state index is 0.208. The summed E-state index contributed by atoms with van der Waals surface area (Å²) in [6, 6.07) is 8.34. The van der Waals surface area contributed by atoms with Crippen LogP contribution in [0.15, 0.2) is 48.5 Å². The zero-order valence-electron chi connectivity index (χ0n) is 11.5. The molecule has 0 bridgehead atoms. The number of ketones is 1. The van der Waals surface area contributed by atoms with Gasteiger partial charge >= 0.3 is 0 Å². The number of nitrogens with two attached hydrogens (primary N) is 1. The second-order valence-electron chi connectivity index (χ2n) is 4.64. The third-order valence-corrected chi connectivity index (χ3v) is 3.00. The predicted octanol–water partition coefficient (Wildman–Crippen LogP) is 1.56. The summed E-state index contributed by atoms with van der Waals surface area (Å²) >= 11 is 0. The standard InChI is InChI=1S/C16H12N2O4/c17-15(19)9-21-11-3-4-12-13(7-11)22-14(16(12)20)6-10-2-1-5-18-8-10/h1-8H,9H2,(H2,17,19). The van der Waals surface area contributed by atoms with Crippen LogP contribution in [0.3, 0.4) is 0 Å². The monoisotopic (exact) mass is 296 g/mol. The highest BCUT2D eigenvalue weighted by Gasteiger charge is 2.27. The average Bonchev–Trinajstić information content (AvgIpc) is 2.82. The first-order chi connectivity index (χ1) is 10.6. The van der Waals surface area contributed by atoms with E-state index in [0.717, 1.165) is 5.56 Å². The highest BCUT2D eigenvalue weighted by molar-refractivity contribution is 6.14. The Morgan fingerprint density at radius 1 is 1.36 bits per heavy atom. The maximum atomic E-state index is 12.2. The Kier molecular flexibility index (Phi) is 3.57. The smallest absolute Gasteiger partial charge is 0.255 e. The molecule has 1 aliphatic rings. The summed E-state index contributed by atoms with van der Waals surface area (Å²) in [7, 11) is 0. The molecule has 6 nitrogen and oxygen atoms in total. The molecule has 1 aromatic carbocycles. The van der Waals surface area contributed by atoms with Gasteiger partial charge in [0.25, 0.3) is 5.91 Å². The Balaban J connectivity index is 1.84. The third-order valence-electron chi connectivity index (χ3n) is 3.00. The molecule has 0 spiro atoms. The van der Waals surface area contributed by atoms with E-state index in [1.165, 1.54) is 0 Å². The van der Waals surface area contributed by atoms with Gasteiger partial charge in [-0.2, -0.15) is 0 Å². The molecule has 2 N–H and O–H groups in total. The number of carbonyl (C=O) groups excluding carboxylic acids is 2. The topological polar surface area (TPSA) is 91.5 Å². The van der Waals surface area contributed by atoms with Gasteiger partial charge in [-0.15, -0.1) is 0 Å². The molecule has 2 aromatic rings. The van der Waals surface area contributed by atoms with Gasteiger partial charge < -0.3 is 15.2 Å². The van der Waals surface area contributed by atoms with Gasteiger partial charge in [0.05, 0.1) is 5.56 Å². The van der Waals surface area contributed by atoms with E-state index in [2.05, 4.69) is 4.98 Å². The maximum Gasteiger partial charge on any atom is 0.255 e.